The lowest BCUT2D eigenvalue weighted by Gasteiger charge is -2.41. The number of hydrogen-bond donors (Lipinski definition) is 2. The lowest BCUT2D eigenvalue weighted by Crippen LogP contribution is -2.55. The summed E-state index contributed by atoms with van der Waals surface area (Å²) in [4.78, 5) is 41.0. The largest absolute Gasteiger partial charge is 0.379 e. The van der Waals surface area contributed by atoms with Crippen molar-refractivity contribution in [1.29, 1.82) is 0 Å². The Morgan fingerprint density at radius 2 is 1.88 bits per heavy atom. The maximum atomic E-state index is 13.4. The number of hydrogen-bond acceptors (Lipinski definition) is 5. The van der Waals surface area contributed by atoms with Crippen LogP contribution in [0.4, 0.5) is 0 Å². The third kappa shape index (κ3) is 6.37. The predicted octanol–water partition coefficient (Wildman–Crippen LogP) is 2.05. The van der Waals surface area contributed by atoms with Crippen molar-refractivity contribution >= 4 is 17.7 Å². The third-order valence-corrected chi connectivity index (χ3v) is 6.95. The first kappa shape index (κ1) is 26.2. The van der Waals surface area contributed by atoms with Gasteiger partial charge in [-0.3, -0.25) is 19.1 Å². The maximum absolute atomic E-state index is 13.4. The fourth-order valence-corrected chi connectivity index (χ4v) is 4.89. The number of rotatable bonds is 3. The lowest BCUT2D eigenvalue weighted by molar-refractivity contribution is -0.137. The van der Waals surface area contributed by atoms with Gasteiger partial charge in [-0.15, -0.1) is 0 Å². The zero-order valence-corrected chi connectivity index (χ0v) is 21.4. The molecule has 2 atom stereocenters. The van der Waals surface area contributed by atoms with E-state index in [4.69, 9.17) is 4.74 Å². The summed E-state index contributed by atoms with van der Waals surface area (Å²) in [6, 6.07) is 1.16. The fourth-order valence-electron chi connectivity index (χ4n) is 4.89. The van der Waals surface area contributed by atoms with Crippen LogP contribution in [0.1, 0.15) is 76.0 Å². The molecule has 3 amide bonds. The summed E-state index contributed by atoms with van der Waals surface area (Å²) in [6.07, 6.45) is 4.43. The number of piperidine rings is 1. The summed E-state index contributed by atoms with van der Waals surface area (Å²) < 4.78 is 7.36. The van der Waals surface area contributed by atoms with Crippen LogP contribution < -0.4 is 10.6 Å². The minimum atomic E-state index is -0.624. The second-order valence-corrected chi connectivity index (χ2v) is 10.5. The van der Waals surface area contributed by atoms with Gasteiger partial charge < -0.3 is 20.3 Å². The van der Waals surface area contributed by atoms with E-state index in [0.29, 0.717) is 50.8 Å². The first-order valence-corrected chi connectivity index (χ1v) is 12.6. The van der Waals surface area contributed by atoms with E-state index in [2.05, 4.69) is 29.6 Å². The molecular weight excluding hydrogens is 434 g/mol. The summed E-state index contributed by atoms with van der Waals surface area (Å²) in [6.45, 7) is 9.95. The Morgan fingerprint density at radius 3 is 2.56 bits per heavy atom. The molecule has 3 rings (SSSR count). The SMILES string of the molecule is CC(C)Cc1cc(C(=O)N2CCC3(CCCCOC[C@H](C)NC(=O)[C@H](C)NC3=O)CC2)n(C)n1. The normalized spacial score (nSPS) is 24.7. The molecule has 2 fully saturated rings. The molecule has 0 saturated carbocycles. The van der Waals surface area contributed by atoms with E-state index in [1.165, 1.54) is 0 Å². The fraction of sp³-hybridized carbons (Fsp3) is 0.760. The Bertz CT molecular complexity index is 873. The minimum Gasteiger partial charge on any atom is -0.379 e. The van der Waals surface area contributed by atoms with Gasteiger partial charge in [0.2, 0.25) is 11.8 Å². The Labute approximate surface area is 203 Å². The third-order valence-electron chi connectivity index (χ3n) is 6.95. The van der Waals surface area contributed by atoms with Crippen LogP contribution in [0.25, 0.3) is 0 Å². The van der Waals surface area contributed by atoms with Gasteiger partial charge in [0, 0.05) is 32.8 Å². The van der Waals surface area contributed by atoms with Crippen molar-refractivity contribution in [2.75, 3.05) is 26.3 Å². The molecule has 2 N–H and O–H groups in total. The molecule has 9 nitrogen and oxygen atoms in total. The van der Waals surface area contributed by atoms with Gasteiger partial charge in [0.05, 0.1) is 17.7 Å². The van der Waals surface area contributed by atoms with Gasteiger partial charge in [0.1, 0.15) is 11.7 Å². The van der Waals surface area contributed by atoms with Gasteiger partial charge in [-0.1, -0.05) is 20.3 Å². The van der Waals surface area contributed by atoms with Crippen LogP contribution in [0.5, 0.6) is 0 Å². The quantitative estimate of drug-likeness (QED) is 0.696. The molecule has 0 unspecified atom stereocenters. The number of nitrogens with zero attached hydrogens (tertiary/aromatic N) is 3. The van der Waals surface area contributed by atoms with Crippen molar-refractivity contribution in [3.8, 4) is 0 Å². The van der Waals surface area contributed by atoms with Crippen molar-refractivity contribution in [3.05, 3.63) is 17.5 Å². The standard InChI is InChI=1S/C25H41N5O4/c1-17(2)14-20-15-21(29(5)28-20)23(32)30-11-9-25(10-12-30)8-6-7-13-34-16-18(3)26-22(31)19(4)27-24(25)33/h15,17-19H,6-14,16H2,1-5H3,(H,26,31)(H,27,33)/t18-,19-/m0/s1. The van der Waals surface area contributed by atoms with Crippen molar-refractivity contribution in [1.82, 2.24) is 25.3 Å². The molecule has 1 aromatic rings. The van der Waals surface area contributed by atoms with Crippen LogP contribution in [-0.4, -0.2) is 70.8 Å². The monoisotopic (exact) mass is 475 g/mol. The maximum Gasteiger partial charge on any atom is 0.272 e. The van der Waals surface area contributed by atoms with Gasteiger partial charge in [-0.2, -0.15) is 5.10 Å². The molecule has 1 aromatic heterocycles. The molecule has 9 heteroatoms. The van der Waals surface area contributed by atoms with Crippen LogP contribution in [0, 0.1) is 11.3 Å². The van der Waals surface area contributed by atoms with Crippen LogP contribution in [0.3, 0.4) is 0 Å². The Morgan fingerprint density at radius 1 is 1.18 bits per heavy atom. The minimum absolute atomic E-state index is 0.0416. The highest BCUT2D eigenvalue weighted by Gasteiger charge is 2.43. The molecule has 2 aliphatic rings. The van der Waals surface area contributed by atoms with Gasteiger partial charge in [-0.05, 0) is 57.9 Å². The van der Waals surface area contributed by atoms with Crippen LogP contribution >= 0.6 is 0 Å². The zero-order valence-electron chi connectivity index (χ0n) is 21.4. The second kappa shape index (κ2) is 11.3. The number of nitrogens with one attached hydrogen (secondary N) is 2. The van der Waals surface area contributed by atoms with Gasteiger partial charge in [0.25, 0.3) is 5.91 Å². The summed E-state index contributed by atoms with van der Waals surface area (Å²) in [7, 11) is 1.81. The molecule has 0 aromatic carbocycles. The summed E-state index contributed by atoms with van der Waals surface area (Å²) >= 11 is 0. The lowest BCUT2D eigenvalue weighted by atomic mass is 9.73. The van der Waals surface area contributed by atoms with E-state index in [1.54, 1.807) is 18.7 Å². The number of carbonyl (C=O) groups excluding carboxylic acids is 3. The molecule has 0 radical (unpaired) electrons. The van der Waals surface area contributed by atoms with E-state index in [9.17, 15) is 14.4 Å². The van der Waals surface area contributed by atoms with Gasteiger partial charge in [-0.25, -0.2) is 0 Å². The van der Waals surface area contributed by atoms with Crippen molar-refractivity contribution < 1.29 is 19.1 Å². The highest BCUT2D eigenvalue weighted by atomic mass is 16.5. The van der Waals surface area contributed by atoms with E-state index in [0.717, 1.165) is 31.4 Å². The summed E-state index contributed by atoms with van der Waals surface area (Å²) in [5, 5.41) is 10.3. The highest BCUT2D eigenvalue weighted by Crippen LogP contribution is 2.37. The molecule has 2 aliphatic heterocycles. The predicted molar refractivity (Wildman–Crippen MR) is 129 cm³/mol. The van der Waals surface area contributed by atoms with E-state index < -0.39 is 11.5 Å². The number of carbonyl (C=O) groups is 3. The average molecular weight is 476 g/mol. The molecule has 190 valence electrons. The Balaban J connectivity index is 1.69. The van der Waals surface area contributed by atoms with E-state index >= 15 is 0 Å². The van der Waals surface area contributed by atoms with Crippen molar-refractivity contribution in [3.63, 3.8) is 0 Å². The molecule has 0 bridgehead atoms. The second-order valence-electron chi connectivity index (χ2n) is 10.5. The number of aryl methyl sites for hydroxylation is 1. The average Bonchev–Trinajstić information content (AvgIpc) is 3.14. The Kier molecular flexibility index (Phi) is 8.73. The topological polar surface area (TPSA) is 106 Å². The van der Waals surface area contributed by atoms with Crippen LogP contribution in [0.15, 0.2) is 6.07 Å². The zero-order chi connectivity index (χ0) is 24.9. The number of amides is 3. The van der Waals surface area contributed by atoms with Crippen LogP contribution in [-0.2, 0) is 27.8 Å². The van der Waals surface area contributed by atoms with Gasteiger partial charge >= 0.3 is 0 Å². The van der Waals surface area contributed by atoms with Crippen molar-refractivity contribution in [2.24, 2.45) is 18.4 Å². The smallest absolute Gasteiger partial charge is 0.272 e. The molecule has 3 heterocycles. The number of aromatic nitrogens is 2. The highest BCUT2D eigenvalue weighted by molar-refractivity contribution is 5.93. The summed E-state index contributed by atoms with van der Waals surface area (Å²) in [5.74, 6) is 0.129. The molecule has 2 saturated heterocycles. The molecule has 0 aliphatic carbocycles. The van der Waals surface area contributed by atoms with E-state index in [1.807, 2.05) is 17.9 Å². The summed E-state index contributed by atoms with van der Waals surface area (Å²) in [5.41, 5.74) is 0.926. The number of likely N-dealkylation sites (tertiary alicyclic amines) is 1. The number of ether oxygens (including phenoxy) is 1. The molecular formula is C25H41N5O4. The molecule has 1 spiro atoms. The van der Waals surface area contributed by atoms with Crippen molar-refractivity contribution in [2.45, 2.75) is 78.3 Å². The molecule has 34 heavy (non-hydrogen) atoms. The van der Waals surface area contributed by atoms with Gasteiger partial charge in [0.15, 0.2) is 0 Å². The first-order chi connectivity index (χ1) is 16.1. The van der Waals surface area contributed by atoms with E-state index in [-0.39, 0.29) is 23.8 Å². The first-order valence-electron chi connectivity index (χ1n) is 12.6. The van der Waals surface area contributed by atoms with Crippen LogP contribution in [0.2, 0.25) is 0 Å². The Hall–Kier alpha value is -2.42.